The summed E-state index contributed by atoms with van der Waals surface area (Å²) in [5.74, 6) is 0. The Bertz CT molecular complexity index is 3190. The molecule has 2 heterocycles. The summed E-state index contributed by atoms with van der Waals surface area (Å²) in [5.41, 5.74) is 12.0. The summed E-state index contributed by atoms with van der Waals surface area (Å²) in [6.45, 7) is 0. The number of fused-ring (bicyclic) bond motifs is 7. The molecule has 0 radical (unpaired) electrons. The van der Waals surface area contributed by atoms with Crippen molar-refractivity contribution in [3.63, 3.8) is 0 Å². The highest BCUT2D eigenvalue weighted by molar-refractivity contribution is 7.25. The highest BCUT2D eigenvalue weighted by Gasteiger charge is 2.24. The smallest absolute Gasteiger partial charge is 0.160 e. The number of furan rings is 1. The molecule has 11 rings (SSSR count). The summed E-state index contributed by atoms with van der Waals surface area (Å²) in [6, 6.07) is 72.1. The molecule has 258 valence electrons. The number of para-hydroxylation sites is 1. The third-order valence-corrected chi connectivity index (χ3v) is 12.0. The Labute approximate surface area is 322 Å². The zero-order valence-corrected chi connectivity index (χ0v) is 30.6. The van der Waals surface area contributed by atoms with Crippen LogP contribution < -0.4 is 4.90 Å². The van der Waals surface area contributed by atoms with Crippen LogP contribution in [0.15, 0.2) is 205 Å². The fraction of sp³-hybridized carbons (Fsp3) is 0. The van der Waals surface area contributed by atoms with Gasteiger partial charge in [0.05, 0.1) is 11.4 Å². The number of hydrogen-bond donors (Lipinski definition) is 0. The van der Waals surface area contributed by atoms with Gasteiger partial charge in [0.25, 0.3) is 0 Å². The summed E-state index contributed by atoms with van der Waals surface area (Å²) >= 11 is 1.85. The Morgan fingerprint density at radius 1 is 0.364 bits per heavy atom. The molecule has 2 nitrogen and oxygen atoms in total. The van der Waals surface area contributed by atoms with Gasteiger partial charge in [-0.05, 0) is 87.3 Å². The van der Waals surface area contributed by atoms with E-state index in [1.165, 1.54) is 53.2 Å². The second-order valence-electron chi connectivity index (χ2n) is 14.0. The lowest BCUT2D eigenvalue weighted by atomic mass is 9.95. The van der Waals surface area contributed by atoms with Gasteiger partial charge in [0, 0.05) is 42.0 Å². The first-order valence-corrected chi connectivity index (χ1v) is 19.5. The summed E-state index contributed by atoms with van der Waals surface area (Å²) in [6.07, 6.45) is 0. The Kier molecular flexibility index (Phi) is 7.39. The van der Waals surface area contributed by atoms with Crippen LogP contribution in [-0.2, 0) is 0 Å². The maximum Gasteiger partial charge on any atom is 0.160 e. The topological polar surface area (TPSA) is 16.4 Å². The van der Waals surface area contributed by atoms with Crippen LogP contribution in [0.1, 0.15) is 0 Å². The molecule has 11 aromatic rings. The van der Waals surface area contributed by atoms with E-state index < -0.39 is 0 Å². The van der Waals surface area contributed by atoms with Crippen LogP contribution in [0.3, 0.4) is 0 Å². The van der Waals surface area contributed by atoms with Gasteiger partial charge in [0.2, 0.25) is 0 Å². The van der Waals surface area contributed by atoms with Gasteiger partial charge in [-0.1, -0.05) is 152 Å². The van der Waals surface area contributed by atoms with E-state index in [4.69, 9.17) is 4.42 Å². The third kappa shape index (κ3) is 5.24. The molecule has 0 aliphatic carbocycles. The molecule has 0 bridgehead atoms. The lowest BCUT2D eigenvalue weighted by molar-refractivity contribution is 0.669. The van der Waals surface area contributed by atoms with Crippen LogP contribution in [0, 0.1) is 0 Å². The number of hydrogen-bond acceptors (Lipinski definition) is 3. The molecule has 0 amide bonds. The van der Waals surface area contributed by atoms with Crippen molar-refractivity contribution in [3.8, 4) is 33.4 Å². The van der Waals surface area contributed by atoms with Crippen molar-refractivity contribution in [1.29, 1.82) is 0 Å². The average Bonchev–Trinajstić information content (AvgIpc) is 3.84. The Hall–Kier alpha value is -6.94. The third-order valence-electron chi connectivity index (χ3n) is 10.9. The first-order chi connectivity index (χ1) is 27.3. The first-order valence-electron chi connectivity index (χ1n) is 18.7. The van der Waals surface area contributed by atoms with Gasteiger partial charge in [-0.2, -0.15) is 0 Å². The molecule has 0 saturated carbocycles. The maximum absolute atomic E-state index is 6.90. The van der Waals surface area contributed by atoms with Gasteiger partial charge in [-0.3, -0.25) is 0 Å². The molecule has 0 atom stereocenters. The number of thiophene rings is 1. The van der Waals surface area contributed by atoms with Crippen molar-refractivity contribution in [3.05, 3.63) is 200 Å². The molecule has 55 heavy (non-hydrogen) atoms. The lowest BCUT2D eigenvalue weighted by Gasteiger charge is -2.28. The summed E-state index contributed by atoms with van der Waals surface area (Å²) in [4.78, 5) is 2.38. The van der Waals surface area contributed by atoms with Gasteiger partial charge in [-0.15, -0.1) is 11.3 Å². The molecule has 0 aliphatic heterocycles. The summed E-state index contributed by atoms with van der Waals surface area (Å²) in [5, 5.41) is 7.20. The molecule has 3 heteroatoms. The van der Waals surface area contributed by atoms with Gasteiger partial charge in [0.15, 0.2) is 5.58 Å². The van der Waals surface area contributed by atoms with Crippen LogP contribution in [0.5, 0.6) is 0 Å². The minimum atomic E-state index is 0.859. The molecular weight excluding hydrogens is 687 g/mol. The van der Waals surface area contributed by atoms with E-state index in [-0.39, 0.29) is 0 Å². The summed E-state index contributed by atoms with van der Waals surface area (Å²) in [7, 11) is 0. The van der Waals surface area contributed by atoms with E-state index in [0.29, 0.717) is 0 Å². The Balaban J connectivity index is 1.14. The maximum atomic E-state index is 6.90. The average molecular weight is 720 g/mol. The van der Waals surface area contributed by atoms with Crippen LogP contribution in [-0.4, -0.2) is 0 Å². The van der Waals surface area contributed by atoms with E-state index in [2.05, 4.69) is 205 Å². The van der Waals surface area contributed by atoms with Crippen molar-refractivity contribution < 1.29 is 4.42 Å². The largest absolute Gasteiger partial charge is 0.454 e. The predicted molar refractivity (Wildman–Crippen MR) is 235 cm³/mol. The molecule has 0 N–H and O–H groups in total. The van der Waals surface area contributed by atoms with Gasteiger partial charge < -0.3 is 9.32 Å². The first kappa shape index (κ1) is 31.6. The summed E-state index contributed by atoms with van der Waals surface area (Å²) < 4.78 is 9.53. The van der Waals surface area contributed by atoms with Gasteiger partial charge in [-0.25, -0.2) is 0 Å². The Morgan fingerprint density at radius 2 is 0.945 bits per heavy atom. The second-order valence-corrected chi connectivity index (χ2v) is 15.1. The van der Waals surface area contributed by atoms with E-state index in [1.807, 2.05) is 11.3 Å². The van der Waals surface area contributed by atoms with Crippen molar-refractivity contribution in [1.82, 2.24) is 0 Å². The van der Waals surface area contributed by atoms with E-state index in [1.54, 1.807) is 0 Å². The zero-order valence-electron chi connectivity index (χ0n) is 29.8. The van der Waals surface area contributed by atoms with Gasteiger partial charge in [0.1, 0.15) is 5.58 Å². The minimum Gasteiger partial charge on any atom is -0.454 e. The Morgan fingerprint density at radius 3 is 1.73 bits per heavy atom. The number of anilines is 3. The second kappa shape index (κ2) is 12.9. The van der Waals surface area contributed by atoms with Crippen molar-refractivity contribution >= 4 is 81.3 Å². The molecule has 0 aliphatic rings. The molecular formula is C52H33NOS. The molecule has 0 unspecified atom stereocenters. The van der Waals surface area contributed by atoms with Crippen molar-refractivity contribution in [2.75, 3.05) is 4.90 Å². The van der Waals surface area contributed by atoms with Crippen LogP contribution in [0.2, 0.25) is 0 Å². The van der Waals surface area contributed by atoms with E-state index in [9.17, 15) is 0 Å². The van der Waals surface area contributed by atoms with Gasteiger partial charge >= 0.3 is 0 Å². The quantitative estimate of drug-likeness (QED) is 0.170. The molecule has 0 fully saturated rings. The van der Waals surface area contributed by atoms with Crippen molar-refractivity contribution in [2.24, 2.45) is 0 Å². The lowest BCUT2D eigenvalue weighted by Crippen LogP contribution is -2.11. The highest BCUT2D eigenvalue weighted by Crippen LogP contribution is 2.48. The SMILES string of the molecule is c1ccc(-c2ccc(N(c3ccc(-c4ccc5sc6ccccc6c5c4)cc3)c3ccc(-c4ccccc4)c4c3oc3ccccc34)c3ccccc23)cc1. The number of rotatable bonds is 6. The van der Waals surface area contributed by atoms with Crippen LogP contribution in [0.25, 0.3) is 86.3 Å². The number of nitrogens with zero attached hydrogens (tertiary/aromatic N) is 1. The minimum absolute atomic E-state index is 0.859. The van der Waals surface area contributed by atoms with E-state index >= 15 is 0 Å². The van der Waals surface area contributed by atoms with Crippen LogP contribution in [0.4, 0.5) is 17.1 Å². The zero-order chi connectivity index (χ0) is 36.3. The molecule has 0 saturated heterocycles. The van der Waals surface area contributed by atoms with Crippen LogP contribution >= 0.6 is 11.3 Å². The van der Waals surface area contributed by atoms with E-state index in [0.717, 1.165) is 50.1 Å². The molecule has 2 aromatic heterocycles. The number of benzene rings is 9. The fourth-order valence-electron chi connectivity index (χ4n) is 8.31. The molecule has 9 aromatic carbocycles. The monoisotopic (exact) mass is 719 g/mol. The normalized spacial score (nSPS) is 11.6. The van der Waals surface area contributed by atoms with Crippen molar-refractivity contribution in [2.45, 2.75) is 0 Å². The fourth-order valence-corrected chi connectivity index (χ4v) is 9.40. The molecule has 0 spiro atoms. The highest BCUT2D eigenvalue weighted by atomic mass is 32.1. The standard InChI is InChI=1S/C52H33NOS/c1-3-13-35(14-4-1)39-28-30-46(42-18-8-7-17-41(39)42)53(38-26-23-34(24-27-38)37-25-32-50-45(33-37)43-19-10-12-22-49(43)55-50)47-31-29-40(36-15-5-2-6-16-36)51-44-20-9-11-21-48(44)54-52(47)51/h1-33H. The predicted octanol–water partition coefficient (Wildman–Crippen LogP) is 15.6.